The third kappa shape index (κ3) is 4.62. The fourth-order valence-corrected chi connectivity index (χ4v) is 4.41. The molecule has 1 N–H and O–H groups in total. The largest absolute Gasteiger partial charge is 0.472 e. The van der Waals surface area contributed by atoms with Crippen molar-refractivity contribution in [2.75, 3.05) is 0 Å². The molecule has 0 aliphatic carbocycles. The molecule has 2 heterocycles. The third-order valence-electron chi connectivity index (χ3n) is 5.27. The summed E-state index contributed by atoms with van der Waals surface area (Å²) in [5.41, 5.74) is 2.51. The Hall–Kier alpha value is -2.93. The molecule has 1 fully saturated rings. The molecule has 0 saturated carbocycles. The number of nitrogens with zero attached hydrogens (tertiary/aromatic N) is 1. The number of carbonyl (C=O) groups excluding carboxylic acids is 3. The van der Waals surface area contributed by atoms with Crippen LogP contribution in [0, 0.1) is 0 Å². The van der Waals surface area contributed by atoms with Gasteiger partial charge in [0, 0.05) is 17.5 Å². The molecule has 2 aromatic carbocycles. The molecule has 6 nitrogen and oxygen atoms in total. The number of carbonyl (C=O) groups is 3. The van der Waals surface area contributed by atoms with Gasteiger partial charge in [-0.25, -0.2) is 4.99 Å². The lowest BCUT2D eigenvalue weighted by Crippen LogP contribution is -2.25. The summed E-state index contributed by atoms with van der Waals surface area (Å²) in [7, 11) is 0. The minimum Gasteiger partial charge on any atom is -0.472 e. The van der Waals surface area contributed by atoms with Crippen molar-refractivity contribution < 1.29 is 19.1 Å². The van der Waals surface area contributed by atoms with Gasteiger partial charge in [0.2, 0.25) is 11.8 Å². The molecule has 0 aromatic heterocycles. The molecule has 4 rings (SSSR count). The van der Waals surface area contributed by atoms with Gasteiger partial charge in [-0.05, 0) is 37.5 Å². The van der Waals surface area contributed by atoms with Crippen LogP contribution >= 0.6 is 11.8 Å². The zero-order valence-electron chi connectivity index (χ0n) is 16.5. The summed E-state index contributed by atoms with van der Waals surface area (Å²) >= 11 is 1.01. The van der Waals surface area contributed by atoms with Crippen LogP contribution in [0.5, 0.6) is 0 Å². The Morgan fingerprint density at radius 3 is 2.50 bits per heavy atom. The highest BCUT2D eigenvalue weighted by molar-refractivity contribution is 8.15. The van der Waals surface area contributed by atoms with E-state index >= 15 is 0 Å². The summed E-state index contributed by atoms with van der Waals surface area (Å²) in [6.45, 7) is 1.98. The Kier molecular flexibility index (Phi) is 5.99. The van der Waals surface area contributed by atoms with Gasteiger partial charge in [-0.2, -0.15) is 0 Å². The molecule has 2 amide bonds. The monoisotopic (exact) mass is 422 g/mol. The molecule has 0 bridgehead atoms. The number of hydrogen-bond acceptors (Lipinski definition) is 6. The highest BCUT2D eigenvalue weighted by Gasteiger charge is 2.31. The molecule has 7 heteroatoms. The zero-order chi connectivity index (χ0) is 21.1. The van der Waals surface area contributed by atoms with E-state index in [9.17, 15) is 14.4 Å². The molecule has 2 aliphatic heterocycles. The normalized spacial score (nSPS) is 23.1. The minimum atomic E-state index is -0.403. The number of ether oxygens (including phenoxy) is 1. The van der Waals surface area contributed by atoms with Crippen molar-refractivity contribution in [2.45, 2.75) is 43.6 Å². The first kappa shape index (κ1) is 20.3. The molecule has 0 spiro atoms. The van der Waals surface area contributed by atoms with E-state index in [1.54, 1.807) is 12.1 Å². The standard InChI is InChI=1S/C23H22N2O4S/c1-14-18(24-22(29-14)17-5-3-2-4-6-17)11-12-19(26)16-9-7-15(8-10-16)13-20-21(27)25-23(28)30-20/h2-10,14,18,20H,11-13H2,1H3,(H,25,27,28). The van der Waals surface area contributed by atoms with Crippen molar-refractivity contribution in [2.24, 2.45) is 4.99 Å². The van der Waals surface area contributed by atoms with Gasteiger partial charge in [-0.1, -0.05) is 54.2 Å². The minimum absolute atomic E-state index is 0.0427. The number of nitrogens with one attached hydrogen (secondary N) is 1. The quantitative estimate of drug-likeness (QED) is 0.687. The number of aliphatic imine (C=N–C) groups is 1. The van der Waals surface area contributed by atoms with Gasteiger partial charge in [0.15, 0.2) is 5.78 Å². The Balaban J connectivity index is 1.32. The average Bonchev–Trinajstić information content (AvgIpc) is 3.28. The molecular weight excluding hydrogens is 400 g/mol. The van der Waals surface area contributed by atoms with Crippen LogP contribution in [0.15, 0.2) is 59.6 Å². The zero-order valence-corrected chi connectivity index (χ0v) is 17.4. The number of benzene rings is 2. The molecule has 3 unspecified atom stereocenters. The van der Waals surface area contributed by atoms with Crippen LogP contribution in [0.2, 0.25) is 0 Å². The average molecular weight is 423 g/mol. The van der Waals surface area contributed by atoms with E-state index in [-0.39, 0.29) is 29.1 Å². The van der Waals surface area contributed by atoms with Crippen LogP contribution in [0.3, 0.4) is 0 Å². The number of Topliss-reactive ketones (excluding diaryl/α,β-unsaturated/α-hetero) is 1. The molecular formula is C23H22N2O4S. The van der Waals surface area contributed by atoms with Crippen molar-refractivity contribution in [3.8, 4) is 0 Å². The Bertz CT molecular complexity index is 988. The first-order chi connectivity index (χ1) is 14.5. The van der Waals surface area contributed by atoms with Crippen molar-refractivity contribution in [1.29, 1.82) is 0 Å². The smallest absolute Gasteiger partial charge is 0.286 e. The van der Waals surface area contributed by atoms with Crippen LogP contribution in [-0.4, -0.2) is 40.2 Å². The SMILES string of the molecule is CC1OC(c2ccccc2)=NC1CCC(=O)c1ccc(CC2SC(=O)NC2=O)cc1. The summed E-state index contributed by atoms with van der Waals surface area (Å²) in [4.78, 5) is 40.2. The van der Waals surface area contributed by atoms with Crippen molar-refractivity contribution in [1.82, 2.24) is 5.32 Å². The maximum atomic E-state index is 12.6. The Morgan fingerprint density at radius 1 is 1.10 bits per heavy atom. The number of amides is 2. The van der Waals surface area contributed by atoms with Gasteiger partial charge < -0.3 is 4.74 Å². The predicted molar refractivity (Wildman–Crippen MR) is 116 cm³/mol. The van der Waals surface area contributed by atoms with Crippen LogP contribution in [-0.2, 0) is 16.0 Å². The van der Waals surface area contributed by atoms with Gasteiger partial charge in [-0.15, -0.1) is 0 Å². The summed E-state index contributed by atoms with van der Waals surface area (Å²) in [6.07, 6.45) is 1.41. The molecule has 0 radical (unpaired) electrons. The van der Waals surface area contributed by atoms with E-state index in [4.69, 9.17) is 4.74 Å². The summed E-state index contributed by atoms with van der Waals surface area (Å²) in [5, 5.41) is 1.58. The van der Waals surface area contributed by atoms with Gasteiger partial charge in [0.05, 0.1) is 11.3 Å². The second kappa shape index (κ2) is 8.83. The van der Waals surface area contributed by atoms with E-state index in [0.717, 1.165) is 22.9 Å². The Labute approximate surface area is 179 Å². The van der Waals surface area contributed by atoms with Crippen LogP contribution in [0.4, 0.5) is 4.79 Å². The van der Waals surface area contributed by atoms with Crippen molar-refractivity contribution >= 4 is 34.6 Å². The highest BCUT2D eigenvalue weighted by Crippen LogP contribution is 2.24. The van der Waals surface area contributed by atoms with E-state index < -0.39 is 5.25 Å². The fraction of sp³-hybridized carbons (Fsp3) is 0.304. The fourth-order valence-electron chi connectivity index (χ4n) is 3.55. The number of thioether (sulfide) groups is 1. The molecule has 2 aromatic rings. The number of ketones is 1. The topological polar surface area (TPSA) is 84.8 Å². The van der Waals surface area contributed by atoms with E-state index in [2.05, 4.69) is 10.3 Å². The lowest BCUT2D eigenvalue weighted by atomic mass is 9.99. The highest BCUT2D eigenvalue weighted by atomic mass is 32.2. The second-order valence-corrected chi connectivity index (χ2v) is 8.61. The summed E-state index contributed by atoms with van der Waals surface area (Å²) in [6, 6.07) is 17.0. The van der Waals surface area contributed by atoms with Gasteiger partial charge >= 0.3 is 0 Å². The van der Waals surface area contributed by atoms with Crippen molar-refractivity contribution in [3.63, 3.8) is 0 Å². The van der Waals surface area contributed by atoms with Crippen LogP contribution in [0.1, 0.15) is 41.3 Å². The predicted octanol–water partition coefficient (Wildman–Crippen LogP) is 3.78. The Morgan fingerprint density at radius 2 is 1.83 bits per heavy atom. The second-order valence-electron chi connectivity index (χ2n) is 7.44. The maximum Gasteiger partial charge on any atom is 0.286 e. The van der Waals surface area contributed by atoms with E-state index in [1.165, 1.54) is 0 Å². The van der Waals surface area contributed by atoms with Crippen LogP contribution in [0.25, 0.3) is 0 Å². The number of imide groups is 1. The first-order valence-corrected chi connectivity index (χ1v) is 10.8. The molecule has 1 saturated heterocycles. The first-order valence-electron chi connectivity index (χ1n) is 9.93. The lowest BCUT2D eigenvalue weighted by Gasteiger charge is -2.12. The maximum absolute atomic E-state index is 12.6. The summed E-state index contributed by atoms with van der Waals surface area (Å²) in [5.74, 6) is 0.436. The van der Waals surface area contributed by atoms with E-state index in [1.807, 2.05) is 49.4 Å². The third-order valence-corrected chi connectivity index (χ3v) is 6.26. The lowest BCUT2D eigenvalue weighted by molar-refractivity contribution is -0.118. The molecule has 30 heavy (non-hydrogen) atoms. The molecule has 3 atom stereocenters. The van der Waals surface area contributed by atoms with Gasteiger partial charge in [-0.3, -0.25) is 19.7 Å². The molecule has 154 valence electrons. The summed E-state index contributed by atoms with van der Waals surface area (Å²) < 4.78 is 5.87. The number of rotatable bonds is 7. The number of hydrogen-bond donors (Lipinski definition) is 1. The van der Waals surface area contributed by atoms with E-state index in [0.29, 0.717) is 30.7 Å². The van der Waals surface area contributed by atoms with Crippen molar-refractivity contribution in [3.05, 3.63) is 71.3 Å². The molecule has 2 aliphatic rings. The van der Waals surface area contributed by atoms with Gasteiger partial charge in [0.1, 0.15) is 6.10 Å². The van der Waals surface area contributed by atoms with Gasteiger partial charge in [0.25, 0.3) is 5.24 Å². The van der Waals surface area contributed by atoms with Crippen LogP contribution < -0.4 is 5.32 Å².